The molecule has 6 heteroatoms. The van der Waals surface area contributed by atoms with Crippen molar-refractivity contribution >= 4 is 5.91 Å². The molecule has 2 aromatic rings. The van der Waals surface area contributed by atoms with Gasteiger partial charge in [0.05, 0.1) is 5.69 Å². The molecule has 0 saturated carbocycles. The van der Waals surface area contributed by atoms with Gasteiger partial charge < -0.3 is 15.0 Å². The van der Waals surface area contributed by atoms with Crippen molar-refractivity contribution in [2.75, 3.05) is 19.7 Å². The van der Waals surface area contributed by atoms with Crippen LogP contribution in [0.2, 0.25) is 0 Å². The van der Waals surface area contributed by atoms with E-state index in [9.17, 15) is 4.79 Å². The number of benzene rings is 1. The van der Waals surface area contributed by atoms with Gasteiger partial charge in [-0.25, -0.2) is 0 Å². The molecule has 1 aliphatic rings. The number of amides is 1. The zero-order valence-electron chi connectivity index (χ0n) is 15.9. The normalized spacial score (nSPS) is 14.0. The van der Waals surface area contributed by atoms with E-state index in [0.29, 0.717) is 6.54 Å². The molecule has 1 aromatic carbocycles. The van der Waals surface area contributed by atoms with Crippen molar-refractivity contribution in [3.8, 4) is 5.75 Å². The topological polar surface area (TPSA) is 59.4 Å². The van der Waals surface area contributed by atoms with Crippen LogP contribution in [0, 0.1) is 13.8 Å². The highest BCUT2D eigenvalue weighted by Crippen LogP contribution is 2.19. The number of para-hydroxylation sites is 1. The quantitative estimate of drug-likeness (QED) is 0.827. The van der Waals surface area contributed by atoms with Gasteiger partial charge in [0.15, 0.2) is 6.61 Å². The van der Waals surface area contributed by atoms with Crippen LogP contribution in [0.25, 0.3) is 0 Å². The molecule has 26 heavy (non-hydrogen) atoms. The van der Waals surface area contributed by atoms with E-state index in [0.717, 1.165) is 49.5 Å². The average Bonchev–Trinajstić information content (AvgIpc) is 3.25. The third-order valence-corrected chi connectivity index (χ3v) is 5.06. The van der Waals surface area contributed by atoms with Crippen LogP contribution < -0.4 is 10.1 Å². The molecule has 1 saturated heterocycles. The van der Waals surface area contributed by atoms with E-state index in [1.54, 1.807) is 0 Å². The van der Waals surface area contributed by atoms with Gasteiger partial charge in [-0.15, -0.1) is 0 Å². The predicted molar refractivity (Wildman–Crippen MR) is 101 cm³/mol. The zero-order valence-corrected chi connectivity index (χ0v) is 15.9. The van der Waals surface area contributed by atoms with Crippen molar-refractivity contribution in [3.05, 3.63) is 46.8 Å². The highest BCUT2D eigenvalue weighted by Gasteiger charge is 2.18. The first kappa shape index (κ1) is 18.5. The van der Waals surface area contributed by atoms with E-state index in [1.807, 2.05) is 47.8 Å². The minimum absolute atomic E-state index is 0.0758. The summed E-state index contributed by atoms with van der Waals surface area (Å²) < 4.78 is 7.73. The van der Waals surface area contributed by atoms with E-state index < -0.39 is 0 Å². The molecule has 140 valence electrons. The number of carbonyl (C=O) groups is 1. The van der Waals surface area contributed by atoms with E-state index >= 15 is 0 Å². The van der Waals surface area contributed by atoms with Crippen LogP contribution in [-0.2, 0) is 24.9 Å². The molecular weight excluding hydrogens is 328 g/mol. The first-order valence-corrected chi connectivity index (χ1v) is 9.24. The number of rotatable bonds is 7. The Morgan fingerprint density at radius 2 is 1.92 bits per heavy atom. The van der Waals surface area contributed by atoms with E-state index in [-0.39, 0.29) is 12.5 Å². The first-order valence-electron chi connectivity index (χ1n) is 9.24. The van der Waals surface area contributed by atoms with Crippen molar-refractivity contribution in [3.63, 3.8) is 0 Å². The Kier molecular flexibility index (Phi) is 5.93. The Balaban J connectivity index is 1.56. The first-order chi connectivity index (χ1) is 12.6. The standard InChI is InChI=1S/C20H28N4O2/c1-15-18(16(2)23(3)22-15)13-21-12-17-8-4-5-9-19(17)26-14-20(25)24-10-6-7-11-24/h4-5,8-9,21H,6-7,10-14H2,1-3H3. The van der Waals surface area contributed by atoms with Crippen LogP contribution in [0.3, 0.4) is 0 Å². The summed E-state index contributed by atoms with van der Waals surface area (Å²) in [5.41, 5.74) is 4.52. The van der Waals surface area contributed by atoms with Crippen molar-refractivity contribution in [1.29, 1.82) is 0 Å². The van der Waals surface area contributed by atoms with Crippen molar-refractivity contribution in [2.24, 2.45) is 7.05 Å². The molecular formula is C20H28N4O2. The number of hydrogen-bond acceptors (Lipinski definition) is 4. The maximum absolute atomic E-state index is 12.2. The van der Waals surface area contributed by atoms with Crippen LogP contribution in [0.1, 0.15) is 35.4 Å². The molecule has 0 unspecified atom stereocenters. The van der Waals surface area contributed by atoms with Gasteiger partial charge in [-0.05, 0) is 32.8 Å². The largest absolute Gasteiger partial charge is 0.483 e. The van der Waals surface area contributed by atoms with Gasteiger partial charge in [-0.2, -0.15) is 5.10 Å². The number of carbonyl (C=O) groups excluding carboxylic acids is 1. The summed E-state index contributed by atoms with van der Waals surface area (Å²) in [5.74, 6) is 0.846. The Morgan fingerprint density at radius 1 is 1.19 bits per heavy atom. The molecule has 6 nitrogen and oxygen atoms in total. The van der Waals surface area contributed by atoms with E-state index in [2.05, 4.69) is 17.3 Å². The molecule has 1 aliphatic heterocycles. The van der Waals surface area contributed by atoms with Crippen LogP contribution in [-0.4, -0.2) is 40.3 Å². The third-order valence-electron chi connectivity index (χ3n) is 5.06. The zero-order chi connectivity index (χ0) is 18.5. The number of aryl methyl sites for hydroxylation is 2. The summed E-state index contributed by atoms with van der Waals surface area (Å²) in [6, 6.07) is 7.89. The van der Waals surface area contributed by atoms with Gasteiger partial charge in [-0.1, -0.05) is 18.2 Å². The SMILES string of the molecule is Cc1nn(C)c(C)c1CNCc1ccccc1OCC(=O)N1CCCC1. The lowest BCUT2D eigenvalue weighted by molar-refractivity contribution is -0.132. The lowest BCUT2D eigenvalue weighted by Crippen LogP contribution is -2.32. The lowest BCUT2D eigenvalue weighted by Gasteiger charge is -2.17. The predicted octanol–water partition coefficient (Wildman–Crippen LogP) is 2.33. The van der Waals surface area contributed by atoms with Crippen LogP contribution >= 0.6 is 0 Å². The fourth-order valence-corrected chi connectivity index (χ4v) is 3.38. The molecule has 1 aromatic heterocycles. The maximum Gasteiger partial charge on any atom is 0.260 e. The second-order valence-corrected chi connectivity index (χ2v) is 6.86. The minimum atomic E-state index is 0.0758. The van der Waals surface area contributed by atoms with Crippen LogP contribution in [0.4, 0.5) is 0 Å². The summed E-state index contributed by atoms with van der Waals surface area (Å²) in [7, 11) is 1.96. The molecule has 1 fully saturated rings. The number of aromatic nitrogens is 2. The molecule has 2 heterocycles. The summed E-state index contributed by atoms with van der Waals surface area (Å²) in [4.78, 5) is 14.1. The summed E-state index contributed by atoms with van der Waals surface area (Å²) in [6.45, 7) is 7.37. The van der Waals surface area contributed by atoms with Crippen LogP contribution in [0.5, 0.6) is 5.75 Å². The van der Waals surface area contributed by atoms with Gasteiger partial charge in [0.2, 0.25) is 0 Å². The number of ether oxygens (including phenoxy) is 1. The van der Waals surface area contributed by atoms with E-state index in [1.165, 1.54) is 11.3 Å². The molecule has 0 radical (unpaired) electrons. The summed E-state index contributed by atoms with van der Waals surface area (Å²) in [6.07, 6.45) is 2.19. The highest BCUT2D eigenvalue weighted by molar-refractivity contribution is 5.78. The van der Waals surface area contributed by atoms with Crippen molar-refractivity contribution in [2.45, 2.75) is 39.8 Å². The molecule has 0 atom stereocenters. The Morgan fingerprint density at radius 3 is 2.62 bits per heavy atom. The highest BCUT2D eigenvalue weighted by atomic mass is 16.5. The molecule has 1 amide bonds. The Hall–Kier alpha value is -2.34. The van der Waals surface area contributed by atoms with Gasteiger partial charge in [0, 0.05) is 50.0 Å². The third kappa shape index (κ3) is 4.25. The van der Waals surface area contributed by atoms with Gasteiger partial charge in [0.25, 0.3) is 5.91 Å². The number of hydrogen-bond donors (Lipinski definition) is 1. The second kappa shape index (κ2) is 8.36. The monoisotopic (exact) mass is 356 g/mol. The Labute approximate surface area is 155 Å². The molecule has 0 spiro atoms. The molecule has 0 aliphatic carbocycles. The number of likely N-dealkylation sites (tertiary alicyclic amines) is 1. The van der Waals surface area contributed by atoms with Crippen molar-refractivity contribution < 1.29 is 9.53 Å². The lowest BCUT2D eigenvalue weighted by atomic mass is 10.1. The molecule has 3 rings (SSSR count). The van der Waals surface area contributed by atoms with Gasteiger partial charge in [-0.3, -0.25) is 9.48 Å². The van der Waals surface area contributed by atoms with Crippen LogP contribution in [0.15, 0.2) is 24.3 Å². The smallest absolute Gasteiger partial charge is 0.260 e. The Bertz CT molecular complexity index is 763. The summed E-state index contributed by atoms with van der Waals surface area (Å²) >= 11 is 0. The van der Waals surface area contributed by atoms with E-state index in [4.69, 9.17) is 4.74 Å². The second-order valence-electron chi connectivity index (χ2n) is 6.86. The van der Waals surface area contributed by atoms with Gasteiger partial charge in [0.1, 0.15) is 5.75 Å². The van der Waals surface area contributed by atoms with Gasteiger partial charge >= 0.3 is 0 Å². The summed E-state index contributed by atoms with van der Waals surface area (Å²) in [5, 5.41) is 7.92. The molecule has 0 bridgehead atoms. The number of nitrogens with one attached hydrogen (secondary N) is 1. The fraction of sp³-hybridized carbons (Fsp3) is 0.500. The average molecular weight is 356 g/mol. The number of nitrogens with zero attached hydrogens (tertiary/aromatic N) is 3. The fourth-order valence-electron chi connectivity index (χ4n) is 3.38. The minimum Gasteiger partial charge on any atom is -0.483 e. The molecule has 1 N–H and O–H groups in total. The maximum atomic E-state index is 12.2. The van der Waals surface area contributed by atoms with Crippen molar-refractivity contribution in [1.82, 2.24) is 20.0 Å².